The summed E-state index contributed by atoms with van der Waals surface area (Å²) in [6, 6.07) is 13.8. The summed E-state index contributed by atoms with van der Waals surface area (Å²) in [5.41, 5.74) is 2.79. The summed E-state index contributed by atoms with van der Waals surface area (Å²) in [5.74, 6) is 0.992. The van der Waals surface area contributed by atoms with Crippen LogP contribution in [0.5, 0.6) is 0 Å². The van der Waals surface area contributed by atoms with Crippen LogP contribution in [0.1, 0.15) is 11.5 Å². The van der Waals surface area contributed by atoms with Gasteiger partial charge in [0.2, 0.25) is 5.82 Å². The van der Waals surface area contributed by atoms with Crippen molar-refractivity contribution < 1.29 is 9.26 Å². The number of rotatable bonds is 5. The average molecular weight is 306 g/mol. The highest BCUT2D eigenvalue weighted by molar-refractivity contribution is 5.90. The van der Waals surface area contributed by atoms with Crippen LogP contribution in [0.15, 0.2) is 59.4 Å². The highest BCUT2D eigenvalue weighted by atomic mass is 16.5. The van der Waals surface area contributed by atoms with Crippen LogP contribution in [0.3, 0.4) is 0 Å². The quantitative estimate of drug-likeness (QED) is 0.612. The molecule has 0 aliphatic heterocycles. The lowest BCUT2D eigenvalue weighted by Gasteiger charge is -2.00. The fourth-order valence-corrected chi connectivity index (χ4v) is 2.41. The van der Waals surface area contributed by atoms with Gasteiger partial charge in [0.25, 0.3) is 5.89 Å². The van der Waals surface area contributed by atoms with Crippen molar-refractivity contribution >= 4 is 11.0 Å². The molecule has 1 aromatic carbocycles. The van der Waals surface area contributed by atoms with Crippen molar-refractivity contribution in [1.29, 1.82) is 0 Å². The molecule has 3 aromatic heterocycles. The zero-order chi connectivity index (χ0) is 15.5. The van der Waals surface area contributed by atoms with E-state index in [2.05, 4.69) is 20.1 Å². The van der Waals surface area contributed by atoms with Crippen molar-refractivity contribution in [3.63, 3.8) is 0 Å². The fourth-order valence-electron chi connectivity index (χ4n) is 2.41. The Kier molecular flexibility index (Phi) is 3.57. The Morgan fingerprint density at radius 1 is 1.04 bits per heavy atom. The molecule has 4 aromatic rings. The van der Waals surface area contributed by atoms with E-state index in [-0.39, 0.29) is 6.61 Å². The number of ether oxygens (including phenoxy) is 1. The van der Waals surface area contributed by atoms with Crippen molar-refractivity contribution in [1.82, 2.24) is 20.1 Å². The number of hydrogen-bond donors (Lipinski definition) is 1. The molecule has 4 rings (SSSR count). The van der Waals surface area contributed by atoms with Crippen LogP contribution in [0.4, 0.5) is 0 Å². The second-order valence-corrected chi connectivity index (χ2v) is 5.09. The van der Waals surface area contributed by atoms with Crippen molar-refractivity contribution in [2.75, 3.05) is 0 Å². The van der Waals surface area contributed by atoms with Gasteiger partial charge < -0.3 is 14.2 Å². The summed E-state index contributed by atoms with van der Waals surface area (Å²) >= 11 is 0. The van der Waals surface area contributed by atoms with Gasteiger partial charge in [-0.2, -0.15) is 4.98 Å². The minimum Gasteiger partial charge on any atom is -0.367 e. The maximum absolute atomic E-state index is 5.61. The first kappa shape index (κ1) is 13.7. The predicted molar refractivity (Wildman–Crippen MR) is 84.3 cm³/mol. The average Bonchev–Trinajstić information content (AvgIpc) is 3.24. The van der Waals surface area contributed by atoms with Gasteiger partial charge in [0.1, 0.15) is 12.3 Å². The second kappa shape index (κ2) is 6.02. The number of aromatic nitrogens is 4. The molecule has 0 aliphatic carbocycles. The van der Waals surface area contributed by atoms with Crippen LogP contribution in [0.25, 0.3) is 22.4 Å². The molecule has 0 saturated carbocycles. The van der Waals surface area contributed by atoms with Crippen LogP contribution in [-0.4, -0.2) is 20.1 Å². The van der Waals surface area contributed by atoms with Crippen LogP contribution >= 0.6 is 0 Å². The monoisotopic (exact) mass is 306 g/mol. The molecular formula is C17H14N4O2. The van der Waals surface area contributed by atoms with E-state index >= 15 is 0 Å². The second-order valence-electron chi connectivity index (χ2n) is 5.09. The molecule has 0 bridgehead atoms. The standard InChI is InChI=1S/C17H14N4O2/c1-2-4-12(5-3-1)10-22-11-15-20-17(21-23-15)14-7-9-19-16-13(14)6-8-18-16/h1-9H,10-11H2,(H,18,19). The summed E-state index contributed by atoms with van der Waals surface area (Å²) < 4.78 is 10.9. The van der Waals surface area contributed by atoms with Crippen molar-refractivity contribution in [3.05, 3.63) is 66.3 Å². The third-order valence-corrected chi connectivity index (χ3v) is 3.51. The molecule has 0 saturated heterocycles. The molecule has 0 unspecified atom stereocenters. The zero-order valence-electron chi connectivity index (χ0n) is 12.3. The molecule has 114 valence electrons. The van der Waals surface area contributed by atoms with Gasteiger partial charge in [-0.1, -0.05) is 35.5 Å². The number of nitrogens with one attached hydrogen (secondary N) is 1. The minimum absolute atomic E-state index is 0.281. The molecule has 0 radical (unpaired) electrons. The Labute approximate surface area is 132 Å². The topological polar surface area (TPSA) is 76.8 Å². The number of nitrogens with zero attached hydrogens (tertiary/aromatic N) is 3. The van der Waals surface area contributed by atoms with Gasteiger partial charge in [0.05, 0.1) is 6.61 Å². The van der Waals surface area contributed by atoms with Gasteiger partial charge in [0, 0.05) is 23.3 Å². The summed E-state index contributed by atoms with van der Waals surface area (Å²) in [5, 5.41) is 5.00. The first-order chi connectivity index (χ1) is 11.4. The van der Waals surface area contributed by atoms with Crippen LogP contribution in [0, 0.1) is 0 Å². The summed E-state index contributed by atoms with van der Waals surface area (Å²) in [6.07, 6.45) is 3.56. The Hall–Kier alpha value is -2.99. The number of hydrogen-bond acceptors (Lipinski definition) is 5. The fraction of sp³-hybridized carbons (Fsp3) is 0.118. The van der Waals surface area contributed by atoms with E-state index in [1.807, 2.05) is 48.7 Å². The Morgan fingerprint density at radius 3 is 2.87 bits per heavy atom. The van der Waals surface area contributed by atoms with E-state index in [4.69, 9.17) is 9.26 Å². The molecule has 6 heteroatoms. The van der Waals surface area contributed by atoms with Gasteiger partial charge in [-0.15, -0.1) is 0 Å². The highest BCUT2D eigenvalue weighted by Crippen LogP contribution is 2.24. The van der Waals surface area contributed by atoms with Crippen LogP contribution in [0.2, 0.25) is 0 Å². The zero-order valence-corrected chi connectivity index (χ0v) is 12.3. The molecule has 6 nitrogen and oxygen atoms in total. The van der Waals surface area contributed by atoms with E-state index in [9.17, 15) is 0 Å². The van der Waals surface area contributed by atoms with Gasteiger partial charge in [-0.25, -0.2) is 4.98 Å². The lowest BCUT2D eigenvalue weighted by atomic mass is 10.2. The van der Waals surface area contributed by atoms with Crippen molar-refractivity contribution in [2.45, 2.75) is 13.2 Å². The molecule has 0 aliphatic rings. The van der Waals surface area contributed by atoms with Gasteiger partial charge in [0.15, 0.2) is 0 Å². The number of benzene rings is 1. The van der Waals surface area contributed by atoms with Crippen molar-refractivity contribution in [2.24, 2.45) is 0 Å². The maximum Gasteiger partial charge on any atom is 0.252 e. The molecule has 0 atom stereocenters. The number of fused-ring (bicyclic) bond motifs is 1. The van der Waals surface area contributed by atoms with E-state index < -0.39 is 0 Å². The highest BCUT2D eigenvalue weighted by Gasteiger charge is 2.12. The lowest BCUT2D eigenvalue weighted by molar-refractivity contribution is 0.0850. The predicted octanol–water partition coefficient (Wildman–Crippen LogP) is 3.33. The number of H-pyrrole nitrogens is 1. The summed E-state index contributed by atoms with van der Waals surface area (Å²) in [6.45, 7) is 0.791. The van der Waals surface area contributed by atoms with E-state index in [1.54, 1.807) is 6.20 Å². The third-order valence-electron chi connectivity index (χ3n) is 3.51. The van der Waals surface area contributed by atoms with E-state index in [0.29, 0.717) is 18.3 Å². The van der Waals surface area contributed by atoms with Crippen LogP contribution in [-0.2, 0) is 18.0 Å². The van der Waals surface area contributed by atoms with E-state index in [1.165, 1.54) is 0 Å². The molecular weight excluding hydrogens is 292 g/mol. The van der Waals surface area contributed by atoms with Gasteiger partial charge in [-0.05, 0) is 17.7 Å². The lowest BCUT2D eigenvalue weighted by Crippen LogP contribution is -1.94. The van der Waals surface area contributed by atoms with Crippen LogP contribution < -0.4 is 0 Å². The number of pyridine rings is 1. The molecule has 23 heavy (non-hydrogen) atoms. The normalized spacial score (nSPS) is 11.1. The molecule has 0 spiro atoms. The number of aromatic amines is 1. The molecule has 1 N–H and O–H groups in total. The summed E-state index contributed by atoms with van der Waals surface area (Å²) in [4.78, 5) is 11.7. The SMILES string of the molecule is c1ccc(COCc2nc(-c3ccnc4[nH]ccc34)no2)cc1. The first-order valence-corrected chi connectivity index (χ1v) is 7.27. The molecule has 0 fully saturated rings. The summed E-state index contributed by atoms with van der Waals surface area (Å²) in [7, 11) is 0. The smallest absolute Gasteiger partial charge is 0.252 e. The van der Waals surface area contributed by atoms with Crippen molar-refractivity contribution in [3.8, 4) is 11.4 Å². The molecule has 0 amide bonds. The Balaban J connectivity index is 1.48. The largest absolute Gasteiger partial charge is 0.367 e. The third kappa shape index (κ3) is 2.84. The van der Waals surface area contributed by atoms with Gasteiger partial charge in [-0.3, -0.25) is 0 Å². The Morgan fingerprint density at radius 2 is 1.96 bits per heavy atom. The van der Waals surface area contributed by atoms with Gasteiger partial charge >= 0.3 is 0 Å². The van der Waals surface area contributed by atoms with E-state index in [0.717, 1.165) is 22.2 Å². The molecule has 3 heterocycles. The minimum atomic E-state index is 0.281. The maximum atomic E-state index is 5.61. The first-order valence-electron chi connectivity index (χ1n) is 7.27. The Bertz CT molecular complexity index is 914.